The summed E-state index contributed by atoms with van der Waals surface area (Å²) in [6.07, 6.45) is 4.32. The van der Waals surface area contributed by atoms with Crippen molar-refractivity contribution in [1.82, 2.24) is 20.2 Å². The van der Waals surface area contributed by atoms with Gasteiger partial charge in [-0.1, -0.05) is 6.07 Å². The molecule has 2 aliphatic rings. The van der Waals surface area contributed by atoms with E-state index in [9.17, 15) is 4.79 Å². The van der Waals surface area contributed by atoms with Crippen LogP contribution in [0.2, 0.25) is 0 Å². The molecule has 1 aliphatic carbocycles. The number of anilines is 1. The summed E-state index contributed by atoms with van der Waals surface area (Å²) < 4.78 is 0. The summed E-state index contributed by atoms with van der Waals surface area (Å²) in [4.78, 5) is 25.4. The van der Waals surface area contributed by atoms with E-state index >= 15 is 0 Å². The standard InChI is InChI=1S/C17H21N5OS/c23-17(19-11-16-20-14(12-24-16)13-4-5-13)22-9-7-21(8-10-22)15-3-1-2-6-18-15/h1-3,6,12-13H,4-5,7-11H2,(H,19,23). The van der Waals surface area contributed by atoms with Crippen LogP contribution in [0.5, 0.6) is 0 Å². The average Bonchev–Trinajstić information content (AvgIpc) is 3.39. The van der Waals surface area contributed by atoms with Gasteiger partial charge in [0.1, 0.15) is 10.8 Å². The van der Waals surface area contributed by atoms with E-state index in [0.717, 1.165) is 23.9 Å². The Morgan fingerprint density at radius 1 is 1.25 bits per heavy atom. The van der Waals surface area contributed by atoms with E-state index < -0.39 is 0 Å². The van der Waals surface area contributed by atoms with Crippen LogP contribution in [-0.2, 0) is 6.54 Å². The van der Waals surface area contributed by atoms with E-state index in [2.05, 4.69) is 25.6 Å². The lowest BCUT2D eigenvalue weighted by atomic mass is 10.3. The third-order valence-electron chi connectivity index (χ3n) is 4.50. The molecule has 2 aromatic rings. The Hall–Kier alpha value is -2.15. The van der Waals surface area contributed by atoms with Crippen molar-refractivity contribution in [2.24, 2.45) is 0 Å². The fourth-order valence-electron chi connectivity index (χ4n) is 2.92. The smallest absolute Gasteiger partial charge is 0.317 e. The summed E-state index contributed by atoms with van der Waals surface area (Å²) in [5, 5.41) is 6.12. The van der Waals surface area contributed by atoms with E-state index in [-0.39, 0.29) is 6.03 Å². The molecule has 7 heteroatoms. The van der Waals surface area contributed by atoms with Crippen LogP contribution in [0.4, 0.5) is 10.6 Å². The molecule has 0 spiro atoms. The molecule has 1 N–H and O–H groups in total. The van der Waals surface area contributed by atoms with Gasteiger partial charge in [0, 0.05) is 43.7 Å². The van der Waals surface area contributed by atoms with Gasteiger partial charge in [-0.05, 0) is 25.0 Å². The number of thiazole rings is 1. The lowest BCUT2D eigenvalue weighted by Gasteiger charge is -2.35. The van der Waals surface area contributed by atoms with Crippen molar-refractivity contribution in [2.45, 2.75) is 25.3 Å². The molecule has 0 bridgehead atoms. The third-order valence-corrected chi connectivity index (χ3v) is 5.36. The number of nitrogens with one attached hydrogen (secondary N) is 1. The molecule has 0 unspecified atom stereocenters. The monoisotopic (exact) mass is 343 g/mol. The normalized spacial score (nSPS) is 17.8. The van der Waals surface area contributed by atoms with Gasteiger partial charge in [0.25, 0.3) is 0 Å². The topological polar surface area (TPSA) is 61.4 Å². The highest BCUT2D eigenvalue weighted by Gasteiger charge is 2.26. The Morgan fingerprint density at radius 2 is 2.08 bits per heavy atom. The van der Waals surface area contributed by atoms with E-state index in [4.69, 9.17) is 0 Å². The second kappa shape index (κ2) is 6.76. The van der Waals surface area contributed by atoms with E-state index in [0.29, 0.717) is 25.6 Å². The van der Waals surface area contributed by atoms with Crippen molar-refractivity contribution in [1.29, 1.82) is 0 Å². The molecule has 6 nitrogen and oxygen atoms in total. The van der Waals surface area contributed by atoms with Gasteiger partial charge < -0.3 is 15.1 Å². The molecular formula is C17H21N5OS. The maximum atomic E-state index is 12.3. The molecule has 0 aromatic carbocycles. The summed E-state index contributed by atoms with van der Waals surface area (Å²) >= 11 is 1.64. The van der Waals surface area contributed by atoms with Crippen LogP contribution >= 0.6 is 11.3 Å². The number of amides is 2. The zero-order chi connectivity index (χ0) is 16.4. The van der Waals surface area contributed by atoms with Gasteiger partial charge in [-0.3, -0.25) is 0 Å². The molecule has 1 saturated heterocycles. The van der Waals surface area contributed by atoms with E-state index in [1.807, 2.05) is 23.1 Å². The van der Waals surface area contributed by atoms with Gasteiger partial charge >= 0.3 is 6.03 Å². The molecule has 0 radical (unpaired) electrons. The number of nitrogens with zero attached hydrogens (tertiary/aromatic N) is 4. The van der Waals surface area contributed by atoms with Crippen molar-refractivity contribution in [2.75, 3.05) is 31.1 Å². The second-order valence-electron chi connectivity index (χ2n) is 6.26. The number of aromatic nitrogens is 2. The van der Waals surface area contributed by atoms with Crippen LogP contribution in [0.25, 0.3) is 0 Å². The SMILES string of the molecule is O=C(NCc1nc(C2CC2)cs1)N1CCN(c2ccccn2)CC1. The maximum absolute atomic E-state index is 12.3. The Bertz CT molecular complexity index is 692. The Labute approximate surface area is 145 Å². The quantitative estimate of drug-likeness (QED) is 0.926. The molecule has 0 atom stereocenters. The van der Waals surface area contributed by atoms with Crippen LogP contribution in [0.3, 0.4) is 0 Å². The molecular weight excluding hydrogens is 322 g/mol. The Morgan fingerprint density at radius 3 is 2.79 bits per heavy atom. The van der Waals surface area contributed by atoms with Crippen LogP contribution in [0, 0.1) is 0 Å². The number of carbonyl (C=O) groups excluding carboxylic acids is 1. The first-order valence-electron chi connectivity index (χ1n) is 8.42. The first-order chi connectivity index (χ1) is 11.8. The van der Waals surface area contributed by atoms with Crippen molar-refractivity contribution in [3.63, 3.8) is 0 Å². The Kier molecular flexibility index (Phi) is 4.34. The van der Waals surface area contributed by atoms with Gasteiger partial charge in [0.05, 0.1) is 12.2 Å². The van der Waals surface area contributed by atoms with Crippen LogP contribution < -0.4 is 10.2 Å². The largest absolute Gasteiger partial charge is 0.353 e. The van der Waals surface area contributed by atoms with E-state index in [1.54, 1.807) is 17.5 Å². The van der Waals surface area contributed by atoms with Crippen LogP contribution in [-0.4, -0.2) is 47.1 Å². The predicted octanol–water partition coefficient (Wildman–Crippen LogP) is 2.45. The van der Waals surface area contributed by atoms with Gasteiger partial charge in [0.2, 0.25) is 0 Å². The van der Waals surface area contributed by atoms with Crippen LogP contribution in [0.1, 0.15) is 29.5 Å². The number of urea groups is 1. The number of carbonyl (C=O) groups is 1. The first-order valence-corrected chi connectivity index (χ1v) is 9.30. The minimum absolute atomic E-state index is 0.00107. The van der Waals surface area contributed by atoms with Gasteiger partial charge in [-0.25, -0.2) is 14.8 Å². The molecule has 126 valence electrons. The zero-order valence-electron chi connectivity index (χ0n) is 13.5. The van der Waals surface area contributed by atoms with Gasteiger partial charge in [-0.15, -0.1) is 11.3 Å². The summed E-state index contributed by atoms with van der Waals surface area (Å²) in [6.45, 7) is 3.58. The molecule has 1 saturated carbocycles. The second-order valence-corrected chi connectivity index (χ2v) is 7.20. The van der Waals surface area contributed by atoms with Crippen molar-refractivity contribution in [3.05, 3.63) is 40.5 Å². The number of hydrogen-bond acceptors (Lipinski definition) is 5. The lowest BCUT2D eigenvalue weighted by molar-refractivity contribution is 0.194. The fraction of sp³-hybridized carbons (Fsp3) is 0.471. The van der Waals surface area contributed by atoms with E-state index in [1.165, 1.54) is 18.5 Å². The molecule has 3 heterocycles. The van der Waals surface area contributed by atoms with Crippen LogP contribution in [0.15, 0.2) is 29.8 Å². The molecule has 24 heavy (non-hydrogen) atoms. The van der Waals surface area contributed by atoms with Gasteiger partial charge in [0.15, 0.2) is 0 Å². The van der Waals surface area contributed by atoms with Crippen molar-refractivity contribution < 1.29 is 4.79 Å². The molecule has 2 aromatic heterocycles. The summed E-state index contributed by atoms with van der Waals surface area (Å²) in [5.41, 5.74) is 1.20. The molecule has 4 rings (SSSR count). The third kappa shape index (κ3) is 3.51. The minimum atomic E-state index is -0.00107. The highest BCUT2D eigenvalue weighted by Crippen LogP contribution is 2.40. The van der Waals surface area contributed by atoms with Gasteiger partial charge in [-0.2, -0.15) is 0 Å². The first kappa shape index (κ1) is 15.4. The fourth-order valence-corrected chi connectivity index (χ4v) is 3.73. The number of pyridine rings is 1. The number of rotatable bonds is 4. The Balaban J connectivity index is 1.25. The number of piperazine rings is 1. The molecule has 2 amide bonds. The summed E-state index contributed by atoms with van der Waals surface area (Å²) in [5.74, 6) is 1.65. The summed E-state index contributed by atoms with van der Waals surface area (Å²) in [7, 11) is 0. The number of hydrogen-bond donors (Lipinski definition) is 1. The predicted molar refractivity (Wildman–Crippen MR) is 94.3 cm³/mol. The van der Waals surface area contributed by atoms with Crippen molar-refractivity contribution in [3.8, 4) is 0 Å². The average molecular weight is 343 g/mol. The van der Waals surface area contributed by atoms with Crippen molar-refractivity contribution >= 4 is 23.2 Å². The highest BCUT2D eigenvalue weighted by molar-refractivity contribution is 7.09. The zero-order valence-corrected chi connectivity index (χ0v) is 14.3. The highest BCUT2D eigenvalue weighted by atomic mass is 32.1. The molecule has 1 aliphatic heterocycles. The lowest BCUT2D eigenvalue weighted by Crippen LogP contribution is -2.51. The molecule has 2 fully saturated rings. The maximum Gasteiger partial charge on any atom is 0.317 e. The minimum Gasteiger partial charge on any atom is -0.353 e. The summed E-state index contributed by atoms with van der Waals surface area (Å²) in [6, 6.07) is 5.92.